The lowest BCUT2D eigenvalue weighted by Crippen LogP contribution is -2.36. The van der Waals surface area contributed by atoms with Crippen LogP contribution in [0.15, 0.2) is 42.5 Å². The van der Waals surface area contributed by atoms with Crippen LogP contribution in [0, 0.1) is 5.92 Å². The number of carbonyl (C=O) groups excluding carboxylic acids is 1. The van der Waals surface area contributed by atoms with Gasteiger partial charge in [-0.1, -0.05) is 38.1 Å². The van der Waals surface area contributed by atoms with E-state index in [0.717, 1.165) is 29.8 Å². The van der Waals surface area contributed by atoms with Crippen molar-refractivity contribution in [3.05, 3.63) is 53.6 Å². The number of hydrogen-bond acceptors (Lipinski definition) is 4. The van der Waals surface area contributed by atoms with Crippen LogP contribution in [0.2, 0.25) is 0 Å². The maximum atomic E-state index is 12.8. The van der Waals surface area contributed by atoms with Gasteiger partial charge in [0.2, 0.25) is 5.91 Å². The van der Waals surface area contributed by atoms with E-state index < -0.39 is 0 Å². The normalized spacial score (nSPS) is 10.4. The molecule has 0 unspecified atom stereocenters. The fourth-order valence-corrected chi connectivity index (χ4v) is 3.22. The second-order valence-electron chi connectivity index (χ2n) is 7.37. The largest absolute Gasteiger partial charge is 0.493 e. The zero-order valence-electron chi connectivity index (χ0n) is 17.8. The molecule has 5 nitrogen and oxygen atoms in total. The van der Waals surface area contributed by atoms with E-state index in [9.17, 15) is 4.79 Å². The Morgan fingerprint density at radius 3 is 2.34 bits per heavy atom. The summed E-state index contributed by atoms with van der Waals surface area (Å²) in [6.07, 6.45) is 1.90. The molecule has 2 rings (SSSR count). The summed E-state index contributed by atoms with van der Waals surface area (Å²) in [5, 5.41) is 0. The maximum absolute atomic E-state index is 12.8. The first-order valence-corrected chi connectivity index (χ1v) is 9.76. The highest BCUT2D eigenvalue weighted by Gasteiger charge is 2.16. The lowest BCUT2D eigenvalue weighted by Gasteiger charge is -2.25. The van der Waals surface area contributed by atoms with E-state index in [1.165, 1.54) is 0 Å². The zero-order valence-corrected chi connectivity index (χ0v) is 18.6. The molecule has 0 spiro atoms. The number of nitrogens with two attached hydrogens (primary N) is 1. The smallest absolute Gasteiger partial charge is 0.222 e. The number of aryl methyl sites for hydroxylation is 1. The van der Waals surface area contributed by atoms with Gasteiger partial charge in [0.05, 0.1) is 14.2 Å². The van der Waals surface area contributed by atoms with Crippen LogP contribution in [-0.4, -0.2) is 38.1 Å². The van der Waals surface area contributed by atoms with Crippen molar-refractivity contribution in [3.63, 3.8) is 0 Å². The van der Waals surface area contributed by atoms with Crippen LogP contribution >= 0.6 is 12.4 Å². The molecule has 1 amide bonds. The van der Waals surface area contributed by atoms with E-state index in [0.29, 0.717) is 36.8 Å². The molecule has 0 fully saturated rings. The molecule has 0 heterocycles. The molecule has 160 valence electrons. The predicted molar refractivity (Wildman–Crippen MR) is 121 cm³/mol. The lowest BCUT2D eigenvalue weighted by molar-refractivity contribution is -0.131. The number of para-hydroxylation sites is 1. The Labute approximate surface area is 180 Å². The molecule has 2 aromatic carbocycles. The Hall–Kier alpha value is -2.40. The minimum absolute atomic E-state index is 0. The number of methoxy groups -OCH3 is 2. The Morgan fingerprint density at radius 2 is 1.72 bits per heavy atom. The van der Waals surface area contributed by atoms with E-state index in [4.69, 9.17) is 15.2 Å². The number of benzene rings is 2. The van der Waals surface area contributed by atoms with E-state index in [2.05, 4.69) is 13.8 Å². The Morgan fingerprint density at radius 1 is 1.03 bits per heavy atom. The molecule has 0 aliphatic heterocycles. The standard InChI is InChI=1S/C23H32N2O3.ClH/c1-17(2)16-25(23(26)12-10-19-7-5-6-8-20(19)24)14-13-18-9-11-21(27-3)22(15-18)28-4;/h5-9,11,15,17H,10,12-14,16,24H2,1-4H3;1H. The summed E-state index contributed by atoms with van der Waals surface area (Å²) in [4.78, 5) is 14.8. The SMILES string of the molecule is COc1ccc(CCN(CC(C)C)C(=O)CCc2ccccc2N)cc1OC.Cl. The molecule has 2 N–H and O–H groups in total. The van der Waals surface area contributed by atoms with Gasteiger partial charge in [-0.2, -0.15) is 0 Å². The second kappa shape index (κ2) is 12.2. The molecule has 0 radical (unpaired) electrons. The van der Waals surface area contributed by atoms with Crippen LogP contribution in [0.3, 0.4) is 0 Å². The van der Waals surface area contributed by atoms with Gasteiger partial charge in [-0.3, -0.25) is 4.79 Å². The van der Waals surface area contributed by atoms with Gasteiger partial charge >= 0.3 is 0 Å². The van der Waals surface area contributed by atoms with Crippen LogP contribution < -0.4 is 15.2 Å². The van der Waals surface area contributed by atoms with Crippen molar-refractivity contribution in [1.82, 2.24) is 4.90 Å². The highest BCUT2D eigenvalue weighted by molar-refractivity contribution is 5.85. The van der Waals surface area contributed by atoms with Gasteiger partial charge in [0.25, 0.3) is 0 Å². The molecule has 0 bridgehead atoms. The Bertz CT molecular complexity index is 780. The number of nitrogens with zero attached hydrogens (tertiary/aromatic N) is 1. The van der Waals surface area contributed by atoms with Crippen molar-refractivity contribution in [2.75, 3.05) is 33.0 Å². The summed E-state index contributed by atoms with van der Waals surface area (Å²) < 4.78 is 10.7. The summed E-state index contributed by atoms with van der Waals surface area (Å²) in [5.41, 5.74) is 8.89. The molecule has 6 heteroatoms. The quantitative estimate of drug-likeness (QED) is 0.579. The molecular weight excluding hydrogens is 388 g/mol. The van der Waals surface area contributed by atoms with E-state index >= 15 is 0 Å². The molecule has 0 saturated heterocycles. The maximum Gasteiger partial charge on any atom is 0.222 e. The molecule has 29 heavy (non-hydrogen) atoms. The van der Waals surface area contributed by atoms with Crippen molar-refractivity contribution in [3.8, 4) is 11.5 Å². The number of nitrogen functional groups attached to an aromatic ring is 1. The first-order valence-electron chi connectivity index (χ1n) is 9.76. The highest BCUT2D eigenvalue weighted by Crippen LogP contribution is 2.27. The third-order valence-corrected chi connectivity index (χ3v) is 4.72. The van der Waals surface area contributed by atoms with Crippen molar-refractivity contribution in [2.45, 2.75) is 33.1 Å². The van der Waals surface area contributed by atoms with E-state index in [1.54, 1.807) is 14.2 Å². The Kier molecular flexibility index (Phi) is 10.4. The minimum Gasteiger partial charge on any atom is -0.493 e. The summed E-state index contributed by atoms with van der Waals surface area (Å²) in [6, 6.07) is 13.6. The number of halogens is 1. The van der Waals surface area contributed by atoms with Gasteiger partial charge in [-0.25, -0.2) is 0 Å². The molecular formula is C23H33ClN2O3. The molecule has 2 aromatic rings. The third kappa shape index (κ3) is 7.50. The molecule has 0 aromatic heterocycles. The van der Waals surface area contributed by atoms with Crippen LogP contribution in [0.25, 0.3) is 0 Å². The number of ether oxygens (including phenoxy) is 2. The fraction of sp³-hybridized carbons (Fsp3) is 0.435. The number of carbonyl (C=O) groups is 1. The minimum atomic E-state index is 0. The van der Waals surface area contributed by atoms with Crippen molar-refractivity contribution in [2.24, 2.45) is 5.92 Å². The van der Waals surface area contributed by atoms with Gasteiger partial charge in [-0.15, -0.1) is 12.4 Å². The first-order chi connectivity index (χ1) is 13.4. The predicted octanol–water partition coefficient (Wildman–Crippen LogP) is 4.37. The van der Waals surface area contributed by atoms with E-state index in [-0.39, 0.29) is 18.3 Å². The van der Waals surface area contributed by atoms with Gasteiger partial charge < -0.3 is 20.1 Å². The Balaban J connectivity index is 0.00000420. The van der Waals surface area contributed by atoms with Crippen LogP contribution in [0.4, 0.5) is 5.69 Å². The monoisotopic (exact) mass is 420 g/mol. The topological polar surface area (TPSA) is 64.8 Å². The van der Waals surface area contributed by atoms with Gasteiger partial charge in [0.1, 0.15) is 0 Å². The van der Waals surface area contributed by atoms with Crippen LogP contribution in [0.1, 0.15) is 31.4 Å². The van der Waals surface area contributed by atoms with Gasteiger partial charge in [0.15, 0.2) is 11.5 Å². The summed E-state index contributed by atoms with van der Waals surface area (Å²) in [5.74, 6) is 2.00. The van der Waals surface area contributed by atoms with Gasteiger partial charge in [0, 0.05) is 25.2 Å². The lowest BCUT2D eigenvalue weighted by atomic mass is 10.1. The summed E-state index contributed by atoms with van der Waals surface area (Å²) in [7, 11) is 3.26. The average molecular weight is 421 g/mol. The summed E-state index contributed by atoms with van der Waals surface area (Å²) in [6.45, 7) is 5.69. The second-order valence-corrected chi connectivity index (χ2v) is 7.37. The van der Waals surface area contributed by atoms with Gasteiger partial charge in [-0.05, 0) is 48.1 Å². The molecule has 0 atom stereocenters. The number of hydrogen-bond donors (Lipinski definition) is 1. The number of rotatable bonds is 10. The van der Waals surface area contributed by atoms with E-state index in [1.807, 2.05) is 47.4 Å². The fourth-order valence-electron chi connectivity index (χ4n) is 3.22. The van der Waals surface area contributed by atoms with Crippen molar-refractivity contribution >= 4 is 24.0 Å². The first kappa shape index (κ1) is 24.6. The highest BCUT2D eigenvalue weighted by atomic mass is 35.5. The average Bonchev–Trinajstić information content (AvgIpc) is 2.69. The third-order valence-electron chi connectivity index (χ3n) is 4.72. The van der Waals surface area contributed by atoms with Crippen molar-refractivity contribution < 1.29 is 14.3 Å². The number of anilines is 1. The van der Waals surface area contributed by atoms with Crippen LogP contribution in [-0.2, 0) is 17.6 Å². The zero-order chi connectivity index (χ0) is 20.5. The molecule has 0 saturated carbocycles. The van der Waals surface area contributed by atoms with Crippen LogP contribution in [0.5, 0.6) is 11.5 Å². The van der Waals surface area contributed by atoms with Crippen molar-refractivity contribution in [1.29, 1.82) is 0 Å². The summed E-state index contributed by atoms with van der Waals surface area (Å²) >= 11 is 0. The number of amides is 1. The molecule has 0 aliphatic carbocycles. The molecule has 0 aliphatic rings.